The van der Waals surface area contributed by atoms with Crippen molar-refractivity contribution in [3.8, 4) is 0 Å². The van der Waals surface area contributed by atoms with E-state index in [1.165, 1.54) is 95.5 Å². The van der Waals surface area contributed by atoms with Crippen LogP contribution in [-0.2, 0) is 0 Å². The summed E-state index contributed by atoms with van der Waals surface area (Å²) in [4.78, 5) is 9.64. The highest BCUT2D eigenvalue weighted by molar-refractivity contribution is 5.14. The summed E-state index contributed by atoms with van der Waals surface area (Å²) in [5.74, 6) is 4.40. The zero-order valence-electron chi connectivity index (χ0n) is 17.3. The topological polar surface area (TPSA) is 25.8 Å². The van der Waals surface area contributed by atoms with Gasteiger partial charge in [-0.05, 0) is 74.7 Å². The van der Waals surface area contributed by atoms with E-state index in [0.717, 1.165) is 17.7 Å². The normalized spacial score (nSPS) is 29.6. The highest BCUT2D eigenvalue weighted by Crippen LogP contribution is 2.39. The molecule has 0 N–H and O–H groups in total. The minimum atomic E-state index is 0.617. The first-order valence-electron chi connectivity index (χ1n) is 11.6. The van der Waals surface area contributed by atoms with Gasteiger partial charge in [-0.2, -0.15) is 0 Å². The molecule has 1 heterocycles. The van der Waals surface area contributed by atoms with Crippen LogP contribution in [0.25, 0.3) is 0 Å². The largest absolute Gasteiger partial charge is 0.241 e. The van der Waals surface area contributed by atoms with Gasteiger partial charge in [0, 0.05) is 18.3 Å². The van der Waals surface area contributed by atoms with Crippen LogP contribution in [0.5, 0.6) is 0 Å². The molecule has 0 atom stereocenters. The van der Waals surface area contributed by atoms with Gasteiger partial charge in [0.2, 0.25) is 0 Å². The molecule has 2 aliphatic rings. The number of hydrogen-bond donors (Lipinski definition) is 0. The number of aromatic nitrogens is 2. The molecule has 2 aliphatic carbocycles. The van der Waals surface area contributed by atoms with Crippen molar-refractivity contribution in [2.75, 3.05) is 0 Å². The van der Waals surface area contributed by atoms with Gasteiger partial charge in [0.1, 0.15) is 5.82 Å². The van der Waals surface area contributed by atoms with Crippen LogP contribution in [0.15, 0.2) is 12.4 Å². The lowest BCUT2D eigenvalue weighted by Gasteiger charge is -2.29. The van der Waals surface area contributed by atoms with Crippen molar-refractivity contribution < 1.29 is 0 Å². The third-order valence-corrected chi connectivity index (χ3v) is 7.13. The van der Waals surface area contributed by atoms with E-state index in [1.54, 1.807) is 0 Å². The van der Waals surface area contributed by atoms with Crippen LogP contribution in [0.3, 0.4) is 0 Å². The average molecular weight is 357 g/mol. The average Bonchev–Trinajstić information content (AvgIpc) is 2.70. The third kappa shape index (κ3) is 5.54. The van der Waals surface area contributed by atoms with Crippen molar-refractivity contribution in [3.63, 3.8) is 0 Å². The van der Waals surface area contributed by atoms with Crippen molar-refractivity contribution in [3.05, 3.63) is 23.8 Å². The van der Waals surface area contributed by atoms with Gasteiger partial charge in [0.25, 0.3) is 0 Å². The molecule has 1 aromatic heterocycles. The Morgan fingerprint density at radius 2 is 1.27 bits per heavy atom. The minimum absolute atomic E-state index is 0.617. The molecule has 0 aliphatic heterocycles. The molecule has 0 spiro atoms. The first-order chi connectivity index (χ1) is 12.8. The fourth-order valence-corrected chi connectivity index (χ4v) is 5.35. The van der Waals surface area contributed by atoms with Gasteiger partial charge in [-0.3, -0.25) is 0 Å². The van der Waals surface area contributed by atoms with Crippen molar-refractivity contribution >= 4 is 0 Å². The van der Waals surface area contributed by atoms with E-state index in [-0.39, 0.29) is 0 Å². The first kappa shape index (κ1) is 19.8. The van der Waals surface area contributed by atoms with Crippen LogP contribution < -0.4 is 0 Å². The van der Waals surface area contributed by atoms with Gasteiger partial charge in [0.05, 0.1) is 0 Å². The Balaban J connectivity index is 1.45. The summed E-state index contributed by atoms with van der Waals surface area (Å²) in [7, 11) is 0. The van der Waals surface area contributed by atoms with Crippen LogP contribution >= 0.6 is 0 Å². The highest BCUT2D eigenvalue weighted by atomic mass is 14.9. The summed E-state index contributed by atoms with van der Waals surface area (Å²) in [6.45, 7) is 4.62. The van der Waals surface area contributed by atoms with E-state index in [0.29, 0.717) is 11.8 Å². The summed E-state index contributed by atoms with van der Waals surface area (Å²) in [5.41, 5.74) is 1.40. The van der Waals surface area contributed by atoms with E-state index in [4.69, 9.17) is 9.97 Å². The molecule has 0 radical (unpaired) electrons. The molecule has 0 amide bonds. The van der Waals surface area contributed by atoms with Crippen molar-refractivity contribution in [1.82, 2.24) is 9.97 Å². The maximum atomic E-state index is 4.82. The Bertz CT molecular complexity index is 493. The lowest BCUT2D eigenvalue weighted by molar-refractivity contribution is 0.296. The lowest BCUT2D eigenvalue weighted by Crippen LogP contribution is -2.16. The predicted molar refractivity (Wildman–Crippen MR) is 110 cm³/mol. The lowest BCUT2D eigenvalue weighted by atomic mass is 9.77. The minimum Gasteiger partial charge on any atom is -0.241 e. The van der Waals surface area contributed by atoms with E-state index >= 15 is 0 Å². The van der Waals surface area contributed by atoms with Gasteiger partial charge in [0.15, 0.2) is 0 Å². The number of rotatable bonds is 8. The zero-order valence-corrected chi connectivity index (χ0v) is 17.3. The maximum absolute atomic E-state index is 4.82. The predicted octanol–water partition coefficient (Wildman–Crippen LogP) is 7.40. The SMILES string of the molecule is CCCCCC1CCC(c2ncc(C3CCC(CCC)CC3)cn2)CC1. The molecule has 3 rings (SSSR count). The molecule has 0 unspecified atom stereocenters. The maximum Gasteiger partial charge on any atom is 0.131 e. The second kappa shape index (κ2) is 10.4. The van der Waals surface area contributed by atoms with Crippen LogP contribution in [0.2, 0.25) is 0 Å². The fraction of sp³-hybridized carbons (Fsp3) is 0.833. The molecule has 1 aromatic rings. The molecule has 2 nitrogen and oxygen atoms in total. The first-order valence-corrected chi connectivity index (χ1v) is 11.6. The van der Waals surface area contributed by atoms with E-state index in [2.05, 4.69) is 26.2 Å². The van der Waals surface area contributed by atoms with Gasteiger partial charge in [-0.15, -0.1) is 0 Å². The Morgan fingerprint density at radius 3 is 1.85 bits per heavy atom. The molecular weight excluding hydrogens is 316 g/mol. The summed E-state index contributed by atoms with van der Waals surface area (Å²) in [6, 6.07) is 0. The molecular formula is C24H40N2. The Labute approximate surface area is 161 Å². The third-order valence-electron chi connectivity index (χ3n) is 7.13. The summed E-state index contributed by atoms with van der Waals surface area (Å²) in [6.07, 6.45) is 23.6. The van der Waals surface area contributed by atoms with Gasteiger partial charge >= 0.3 is 0 Å². The standard InChI is InChI=1S/C24H40N2/c1-3-5-6-8-20-11-15-22(16-12-20)24-25-17-23(18-26-24)21-13-9-19(7-4-2)10-14-21/h17-22H,3-16H2,1-2H3. The van der Waals surface area contributed by atoms with Crippen LogP contribution in [-0.4, -0.2) is 9.97 Å². The summed E-state index contributed by atoms with van der Waals surface area (Å²) < 4.78 is 0. The number of hydrogen-bond acceptors (Lipinski definition) is 2. The second-order valence-corrected chi connectivity index (χ2v) is 9.09. The number of nitrogens with zero attached hydrogens (tertiary/aromatic N) is 2. The highest BCUT2D eigenvalue weighted by Gasteiger charge is 2.25. The quantitative estimate of drug-likeness (QED) is 0.453. The molecule has 2 heteroatoms. The Hall–Kier alpha value is -0.920. The van der Waals surface area contributed by atoms with Gasteiger partial charge in [-0.1, -0.05) is 52.4 Å². The van der Waals surface area contributed by atoms with Crippen LogP contribution in [0.1, 0.15) is 127 Å². The van der Waals surface area contributed by atoms with Crippen LogP contribution in [0, 0.1) is 11.8 Å². The Morgan fingerprint density at radius 1 is 0.692 bits per heavy atom. The monoisotopic (exact) mass is 356 g/mol. The van der Waals surface area contributed by atoms with Crippen molar-refractivity contribution in [2.45, 2.75) is 116 Å². The van der Waals surface area contributed by atoms with Crippen molar-refractivity contribution in [2.24, 2.45) is 11.8 Å². The number of unbranched alkanes of at least 4 members (excludes halogenated alkanes) is 2. The molecule has 0 bridgehead atoms. The molecule has 0 saturated heterocycles. The molecule has 2 fully saturated rings. The fourth-order valence-electron chi connectivity index (χ4n) is 5.35. The smallest absolute Gasteiger partial charge is 0.131 e. The molecule has 0 aromatic carbocycles. The molecule has 146 valence electrons. The van der Waals surface area contributed by atoms with E-state index < -0.39 is 0 Å². The van der Waals surface area contributed by atoms with E-state index in [1.807, 2.05) is 0 Å². The molecule has 26 heavy (non-hydrogen) atoms. The Kier molecular flexibility index (Phi) is 7.95. The summed E-state index contributed by atoms with van der Waals surface area (Å²) >= 11 is 0. The zero-order chi connectivity index (χ0) is 18.2. The van der Waals surface area contributed by atoms with E-state index in [9.17, 15) is 0 Å². The molecule has 2 saturated carbocycles. The van der Waals surface area contributed by atoms with Crippen molar-refractivity contribution in [1.29, 1.82) is 0 Å². The van der Waals surface area contributed by atoms with Gasteiger partial charge in [-0.25, -0.2) is 9.97 Å². The summed E-state index contributed by atoms with van der Waals surface area (Å²) in [5, 5.41) is 0. The van der Waals surface area contributed by atoms with Gasteiger partial charge < -0.3 is 0 Å². The second-order valence-electron chi connectivity index (χ2n) is 9.09. The van der Waals surface area contributed by atoms with Crippen LogP contribution in [0.4, 0.5) is 0 Å².